The highest BCUT2D eigenvalue weighted by Gasteiger charge is 2.44. The van der Waals surface area contributed by atoms with Crippen molar-refractivity contribution >= 4 is 21.8 Å². The number of sulfonamides is 1. The van der Waals surface area contributed by atoms with E-state index in [9.17, 15) is 23.2 Å². The third kappa shape index (κ3) is 4.09. The van der Waals surface area contributed by atoms with Crippen LogP contribution in [0.3, 0.4) is 0 Å². The summed E-state index contributed by atoms with van der Waals surface area (Å²) in [6.45, 7) is 0.186. The minimum Gasteiger partial charge on any atom is -0.497 e. The number of carbonyl (C=O) groups excluding carboxylic acids is 2. The number of methoxy groups -OCH3 is 1. The van der Waals surface area contributed by atoms with Gasteiger partial charge in [-0.05, 0) is 42.8 Å². The molecule has 0 aromatic heterocycles. The molecule has 0 aliphatic carbocycles. The van der Waals surface area contributed by atoms with Gasteiger partial charge in [-0.1, -0.05) is 18.2 Å². The Morgan fingerprint density at radius 3 is 2.31 bits per heavy atom. The molecule has 0 radical (unpaired) electrons. The zero-order chi connectivity index (χ0) is 21.0. The summed E-state index contributed by atoms with van der Waals surface area (Å²) in [6, 6.07) is 13.9. The second kappa shape index (κ2) is 8.60. The van der Waals surface area contributed by atoms with Gasteiger partial charge in [0.25, 0.3) is 11.8 Å². The van der Waals surface area contributed by atoms with Gasteiger partial charge in [-0.3, -0.25) is 14.8 Å². The summed E-state index contributed by atoms with van der Waals surface area (Å²) in [7, 11) is -2.67. The summed E-state index contributed by atoms with van der Waals surface area (Å²) >= 11 is 0. The van der Waals surface area contributed by atoms with Gasteiger partial charge in [0.1, 0.15) is 5.75 Å². The van der Waals surface area contributed by atoms with E-state index in [0.717, 1.165) is 9.21 Å². The molecule has 0 saturated carbocycles. The van der Waals surface area contributed by atoms with Crippen molar-refractivity contribution in [1.82, 2.24) is 14.7 Å². The van der Waals surface area contributed by atoms with Crippen LogP contribution in [0.2, 0.25) is 0 Å². The van der Waals surface area contributed by atoms with Gasteiger partial charge in [0.2, 0.25) is 10.0 Å². The van der Waals surface area contributed by atoms with E-state index in [1.807, 2.05) is 0 Å². The lowest BCUT2D eigenvalue weighted by molar-refractivity contribution is -0.139. The molecule has 2 aromatic carbocycles. The number of hydroxylamine groups is 1. The fourth-order valence-electron chi connectivity index (χ4n) is 3.22. The average molecular weight is 419 g/mol. The fraction of sp³-hybridized carbons (Fsp3) is 0.263. The minimum absolute atomic E-state index is 0.0189. The Morgan fingerprint density at radius 1 is 1.07 bits per heavy atom. The van der Waals surface area contributed by atoms with Gasteiger partial charge in [-0.25, -0.2) is 13.9 Å². The van der Waals surface area contributed by atoms with E-state index in [1.165, 1.54) is 36.9 Å². The van der Waals surface area contributed by atoms with Crippen LogP contribution in [-0.4, -0.2) is 61.0 Å². The predicted octanol–water partition coefficient (Wildman–Crippen LogP) is 1.06. The van der Waals surface area contributed by atoms with Gasteiger partial charge in [-0.15, -0.1) is 0 Å². The number of hydrogen-bond donors (Lipinski definition) is 2. The smallest absolute Gasteiger partial charge is 0.282 e. The molecule has 154 valence electrons. The van der Waals surface area contributed by atoms with E-state index in [4.69, 9.17) is 4.74 Å². The third-order valence-corrected chi connectivity index (χ3v) is 6.51. The van der Waals surface area contributed by atoms with Crippen LogP contribution in [0, 0.1) is 0 Å². The summed E-state index contributed by atoms with van der Waals surface area (Å²) in [5.74, 6) is -1.03. The molecule has 3 rings (SSSR count). The predicted molar refractivity (Wildman–Crippen MR) is 103 cm³/mol. The van der Waals surface area contributed by atoms with Crippen molar-refractivity contribution in [3.8, 4) is 5.75 Å². The van der Waals surface area contributed by atoms with Crippen LogP contribution < -0.4 is 10.2 Å². The van der Waals surface area contributed by atoms with Crippen LogP contribution in [0.4, 0.5) is 0 Å². The molecule has 1 fully saturated rings. The number of benzene rings is 2. The van der Waals surface area contributed by atoms with Crippen LogP contribution in [-0.2, 0) is 14.8 Å². The van der Waals surface area contributed by atoms with E-state index in [0.29, 0.717) is 17.7 Å². The number of nitrogens with zero attached hydrogens (tertiary/aromatic N) is 2. The molecule has 0 spiro atoms. The zero-order valence-electron chi connectivity index (χ0n) is 15.7. The van der Waals surface area contributed by atoms with Gasteiger partial charge >= 0.3 is 0 Å². The van der Waals surface area contributed by atoms with E-state index in [1.54, 1.807) is 30.3 Å². The van der Waals surface area contributed by atoms with Crippen LogP contribution in [0.1, 0.15) is 16.8 Å². The number of carbonyl (C=O) groups is 2. The molecule has 1 aliphatic heterocycles. The molecule has 1 heterocycles. The van der Waals surface area contributed by atoms with Crippen LogP contribution in [0.5, 0.6) is 5.75 Å². The lowest BCUT2D eigenvalue weighted by atomic mass is 10.1. The van der Waals surface area contributed by atoms with Gasteiger partial charge < -0.3 is 9.64 Å². The maximum absolute atomic E-state index is 13.2. The summed E-state index contributed by atoms with van der Waals surface area (Å²) in [5.41, 5.74) is 1.80. The topological polar surface area (TPSA) is 116 Å². The van der Waals surface area contributed by atoms with E-state index < -0.39 is 28.0 Å². The first-order chi connectivity index (χ1) is 13.9. The van der Waals surface area contributed by atoms with Crippen molar-refractivity contribution < 1.29 is 28.0 Å². The van der Waals surface area contributed by atoms with Crippen LogP contribution in [0.25, 0.3) is 0 Å². The lowest BCUT2D eigenvalue weighted by Gasteiger charge is -2.41. The van der Waals surface area contributed by atoms with Gasteiger partial charge in [0.05, 0.1) is 12.0 Å². The van der Waals surface area contributed by atoms with Gasteiger partial charge in [0, 0.05) is 18.7 Å². The van der Waals surface area contributed by atoms with Crippen LogP contribution >= 0.6 is 0 Å². The Morgan fingerprint density at radius 2 is 1.72 bits per heavy atom. The standard InChI is InChI=1S/C19H21N3O6S/c1-28-15-8-10-16(11-9-15)29(26,27)22-13-5-12-21(18(22)17(23)20-25)19(24)14-6-3-2-4-7-14/h2-4,6-11,18,25H,5,12-13H2,1H3,(H,20,23). The molecule has 1 aliphatic rings. The van der Waals surface area contributed by atoms with Crippen LogP contribution in [0.15, 0.2) is 59.5 Å². The van der Waals surface area contributed by atoms with Crippen molar-refractivity contribution in [1.29, 1.82) is 0 Å². The summed E-state index contributed by atoms with van der Waals surface area (Å²) in [5, 5.41) is 9.20. The summed E-state index contributed by atoms with van der Waals surface area (Å²) in [6.07, 6.45) is -1.18. The second-order valence-electron chi connectivity index (χ2n) is 6.36. The third-order valence-electron chi connectivity index (χ3n) is 4.64. The number of rotatable bonds is 5. The highest BCUT2D eigenvalue weighted by Crippen LogP contribution is 2.26. The molecule has 2 aromatic rings. The number of ether oxygens (including phenoxy) is 1. The Hall–Kier alpha value is -2.95. The molecule has 2 amide bonds. The number of hydrogen-bond acceptors (Lipinski definition) is 6. The monoisotopic (exact) mass is 419 g/mol. The van der Waals surface area contributed by atoms with Crippen molar-refractivity contribution in [3.05, 3.63) is 60.2 Å². The van der Waals surface area contributed by atoms with Gasteiger partial charge in [-0.2, -0.15) is 4.31 Å². The van der Waals surface area contributed by atoms with Crippen molar-refractivity contribution in [2.24, 2.45) is 0 Å². The zero-order valence-corrected chi connectivity index (χ0v) is 16.5. The molecule has 0 bridgehead atoms. The first kappa shape index (κ1) is 20.8. The Kier molecular flexibility index (Phi) is 6.16. The molecule has 1 unspecified atom stereocenters. The SMILES string of the molecule is COc1ccc(S(=O)(=O)N2CCCN(C(=O)c3ccccc3)C2C(=O)NO)cc1. The molecule has 1 atom stereocenters. The quantitative estimate of drug-likeness (QED) is 0.553. The lowest BCUT2D eigenvalue weighted by Crippen LogP contribution is -2.63. The highest BCUT2D eigenvalue weighted by molar-refractivity contribution is 7.89. The molecule has 10 heteroatoms. The van der Waals surface area contributed by atoms with E-state index in [-0.39, 0.29) is 18.0 Å². The molecule has 1 saturated heterocycles. The van der Waals surface area contributed by atoms with E-state index in [2.05, 4.69) is 0 Å². The normalized spacial score (nSPS) is 17.6. The minimum atomic E-state index is -4.13. The van der Waals surface area contributed by atoms with E-state index >= 15 is 0 Å². The maximum Gasteiger partial charge on any atom is 0.282 e. The first-order valence-electron chi connectivity index (χ1n) is 8.86. The number of nitrogens with one attached hydrogen (secondary N) is 1. The molecular weight excluding hydrogens is 398 g/mol. The largest absolute Gasteiger partial charge is 0.497 e. The number of amides is 2. The molecule has 2 N–H and O–H groups in total. The Labute approximate surface area is 168 Å². The van der Waals surface area contributed by atoms with Gasteiger partial charge in [0.15, 0.2) is 6.17 Å². The first-order valence-corrected chi connectivity index (χ1v) is 10.3. The maximum atomic E-state index is 13.2. The Balaban J connectivity index is 2.00. The van der Waals surface area contributed by atoms with Crippen molar-refractivity contribution in [2.45, 2.75) is 17.5 Å². The average Bonchev–Trinajstić information content (AvgIpc) is 2.78. The second-order valence-corrected chi connectivity index (χ2v) is 8.25. The Bertz CT molecular complexity index is 979. The van der Waals surface area contributed by atoms with Crippen molar-refractivity contribution in [2.75, 3.05) is 20.2 Å². The molecule has 9 nitrogen and oxygen atoms in total. The summed E-state index contributed by atoms with van der Waals surface area (Å²) < 4.78 is 32.4. The molecule has 29 heavy (non-hydrogen) atoms. The van der Waals surface area contributed by atoms with Crippen molar-refractivity contribution in [3.63, 3.8) is 0 Å². The highest BCUT2D eigenvalue weighted by atomic mass is 32.2. The molecular formula is C19H21N3O6S. The fourth-order valence-corrected chi connectivity index (χ4v) is 4.81. The summed E-state index contributed by atoms with van der Waals surface area (Å²) in [4.78, 5) is 26.5.